The zero-order chi connectivity index (χ0) is 13.5. The van der Waals surface area contributed by atoms with E-state index in [9.17, 15) is 9.59 Å². The molecule has 100 valence electrons. The minimum absolute atomic E-state index is 0.0909. The summed E-state index contributed by atoms with van der Waals surface area (Å²) in [7, 11) is 0. The Morgan fingerprint density at radius 2 is 1.76 bits per heavy atom. The maximum atomic E-state index is 11.5. The number of carbonyl (C=O) groups is 2. The van der Waals surface area contributed by atoms with Crippen LogP contribution in [-0.4, -0.2) is 11.9 Å². The monoisotopic (exact) mass is 242 g/mol. The summed E-state index contributed by atoms with van der Waals surface area (Å²) in [5, 5.41) is 0. The van der Waals surface area contributed by atoms with Crippen LogP contribution in [0.5, 0.6) is 0 Å². The van der Waals surface area contributed by atoms with Crippen LogP contribution in [0.25, 0.3) is 0 Å². The van der Waals surface area contributed by atoms with Crippen LogP contribution in [0.2, 0.25) is 0 Å². The molecule has 0 fully saturated rings. The lowest BCUT2D eigenvalue weighted by molar-refractivity contribution is -0.161. The topological polar surface area (TPSA) is 43.4 Å². The summed E-state index contributed by atoms with van der Waals surface area (Å²) in [4.78, 5) is 23.0. The van der Waals surface area contributed by atoms with E-state index < -0.39 is 5.97 Å². The van der Waals surface area contributed by atoms with Gasteiger partial charge in [0.15, 0.2) is 0 Å². The molecule has 0 aromatic carbocycles. The zero-order valence-corrected chi connectivity index (χ0v) is 11.8. The first kappa shape index (κ1) is 16.1. The molecule has 0 radical (unpaired) electrons. The van der Waals surface area contributed by atoms with Crippen LogP contribution in [0.3, 0.4) is 0 Å². The van der Waals surface area contributed by atoms with Crippen molar-refractivity contribution < 1.29 is 14.3 Å². The van der Waals surface area contributed by atoms with Crippen molar-refractivity contribution in [2.45, 2.75) is 66.7 Å². The number of hydrogen-bond donors (Lipinski definition) is 0. The molecular weight excluding hydrogens is 216 g/mol. The van der Waals surface area contributed by atoms with Crippen LogP contribution in [0, 0.1) is 11.3 Å². The van der Waals surface area contributed by atoms with E-state index in [0.717, 1.165) is 19.3 Å². The van der Waals surface area contributed by atoms with Crippen molar-refractivity contribution in [2.75, 3.05) is 0 Å². The maximum Gasteiger partial charge on any atom is 0.313 e. The Balaban J connectivity index is 4.00. The Labute approximate surface area is 105 Å². The molecule has 0 aliphatic rings. The lowest BCUT2D eigenvalue weighted by Crippen LogP contribution is -2.21. The van der Waals surface area contributed by atoms with Gasteiger partial charge in [-0.2, -0.15) is 0 Å². The minimum Gasteiger partial charge on any atom is -0.393 e. The molecule has 3 nitrogen and oxygen atoms in total. The highest BCUT2D eigenvalue weighted by atomic mass is 16.6. The predicted molar refractivity (Wildman–Crippen MR) is 68.5 cm³/mol. The van der Waals surface area contributed by atoms with Gasteiger partial charge in [0.25, 0.3) is 0 Å². The quantitative estimate of drug-likeness (QED) is 0.505. The zero-order valence-electron chi connectivity index (χ0n) is 11.8. The van der Waals surface area contributed by atoms with Crippen LogP contribution < -0.4 is 0 Å². The van der Waals surface area contributed by atoms with Crippen molar-refractivity contribution in [3.05, 3.63) is 0 Å². The summed E-state index contributed by atoms with van der Waals surface area (Å²) < 4.78 is 4.83. The van der Waals surface area contributed by atoms with E-state index in [1.807, 2.05) is 27.7 Å². The Bertz CT molecular complexity index is 256. The molecule has 17 heavy (non-hydrogen) atoms. The van der Waals surface area contributed by atoms with E-state index in [1.54, 1.807) is 0 Å². The average Bonchev–Trinajstić information content (AvgIpc) is 2.16. The summed E-state index contributed by atoms with van der Waals surface area (Å²) in [6, 6.07) is 0. The van der Waals surface area contributed by atoms with Crippen molar-refractivity contribution in [3.8, 4) is 0 Å². The molecule has 0 aromatic heterocycles. The summed E-state index contributed by atoms with van der Waals surface area (Å²) >= 11 is 0. The molecule has 0 heterocycles. The second-order valence-corrected chi connectivity index (χ2v) is 5.64. The first-order valence-corrected chi connectivity index (χ1v) is 6.54. The molecule has 1 unspecified atom stereocenters. The average molecular weight is 242 g/mol. The van der Waals surface area contributed by atoms with Gasteiger partial charge in [0.05, 0.1) is 6.42 Å². The van der Waals surface area contributed by atoms with E-state index >= 15 is 0 Å². The van der Waals surface area contributed by atoms with Gasteiger partial charge in [-0.1, -0.05) is 53.9 Å². The van der Waals surface area contributed by atoms with Gasteiger partial charge in [-0.15, -0.1) is 0 Å². The second-order valence-electron chi connectivity index (χ2n) is 5.64. The van der Waals surface area contributed by atoms with Crippen LogP contribution in [0.4, 0.5) is 0 Å². The molecule has 0 aromatic rings. The third-order valence-corrected chi connectivity index (χ3v) is 3.10. The summed E-state index contributed by atoms with van der Waals surface area (Å²) in [5.41, 5.74) is -0.0909. The molecule has 0 rings (SSSR count). The van der Waals surface area contributed by atoms with E-state index in [-0.39, 0.29) is 11.4 Å². The van der Waals surface area contributed by atoms with Crippen molar-refractivity contribution >= 4 is 11.9 Å². The fourth-order valence-electron chi connectivity index (χ4n) is 1.60. The van der Waals surface area contributed by atoms with Crippen LogP contribution >= 0.6 is 0 Å². The summed E-state index contributed by atoms with van der Waals surface area (Å²) in [6.07, 6.45) is 3.57. The SMILES string of the molecule is CCCC(C)CC(=O)OC(=O)CC(C)(C)CC. The molecule has 0 aliphatic heterocycles. The number of esters is 2. The lowest BCUT2D eigenvalue weighted by Gasteiger charge is -2.20. The van der Waals surface area contributed by atoms with Crippen LogP contribution in [0.15, 0.2) is 0 Å². The normalized spacial score (nSPS) is 13.2. The third kappa shape index (κ3) is 7.94. The number of rotatable bonds is 7. The molecular formula is C14H26O3. The van der Waals surface area contributed by atoms with E-state index in [2.05, 4.69) is 6.92 Å². The predicted octanol–water partition coefficient (Wildman–Crippen LogP) is 3.71. The summed E-state index contributed by atoms with van der Waals surface area (Å²) in [6.45, 7) is 10.1. The number of hydrogen-bond acceptors (Lipinski definition) is 3. The first-order valence-electron chi connectivity index (χ1n) is 6.54. The highest BCUT2D eigenvalue weighted by Crippen LogP contribution is 2.25. The fourth-order valence-corrected chi connectivity index (χ4v) is 1.60. The standard InChI is InChI=1S/C14H26O3/c1-6-8-11(3)9-12(15)17-13(16)10-14(4,5)7-2/h11H,6-10H2,1-5H3. The highest BCUT2D eigenvalue weighted by molar-refractivity contribution is 5.85. The van der Waals surface area contributed by atoms with Gasteiger partial charge in [-0.3, -0.25) is 9.59 Å². The molecule has 0 saturated carbocycles. The van der Waals surface area contributed by atoms with Gasteiger partial charge in [0, 0.05) is 6.42 Å². The van der Waals surface area contributed by atoms with Gasteiger partial charge < -0.3 is 4.74 Å². The first-order chi connectivity index (χ1) is 7.80. The Kier molecular flexibility index (Phi) is 7.09. The third-order valence-electron chi connectivity index (χ3n) is 3.10. The van der Waals surface area contributed by atoms with E-state index in [0.29, 0.717) is 18.8 Å². The number of ether oxygens (including phenoxy) is 1. The molecule has 0 saturated heterocycles. The van der Waals surface area contributed by atoms with Crippen molar-refractivity contribution in [1.82, 2.24) is 0 Å². The minimum atomic E-state index is -0.398. The van der Waals surface area contributed by atoms with E-state index in [4.69, 9.17) is 4.74 Å². The summed E-state index contributed by atoms with van der Waals surface area (Å²) in [5.74, 6) is -0.493. The highest BCUT2D eigenvalue weighted by Gasteiger charge is 2.23. The largest absolute Gasteiger partial charge is 0.393 e. The Hall–Kier alpha value is -0.860. The van der Waals surface area contributed by atoms with Crippen LogP contribution in [-0.2, 0) is 14.3 Å². The fraction of sp³-hybridized carbons (Fsp3) is 0.857. The lowest BCUT2D eigenvalue weighted by atomic mass is 9.87. The van der Waals surface area contributed by atoms with Crippen molar-refractivity contribution in [2.24, 2.45) is 11.3 Å². The van der Waals surface area contributed by atoms with E-state index in [1.165, 1.54) is 0 Å². The second kappa shape index (κ2) is 7.46. The molecule has 3 heteroatoms. The van der Waals surface area contributed by atoms with Gasteiger partial charge in [-0.25, -0.2) is 0 Å². The van der Waals surface area contributed by atoms with Gasteiger partial charge in [0.2, 0.25) is 0 Å². The molecule has 0 bridgehead atoms. The van der Waals surface area contributed by atoms with Crippen molar-refractivity contribution in [3.63, 3.8) is 0 Å². The maximum absolute atomic E-state index is 11.5. The van der Waals surface area contributed by atoms with Gasteiger partial charge >= 0.3 is 11.9 Å². The molecule has 1 atom stereocenters. The number of carbonyl (C=O) groups excluding carboxylic acids is 2. The van der Waals surface area contributed by atoms with Gasteiger partial charge in [0.1, 0.15) is 0 Å². The molecule has 0 spiro atoms. The van der Waals surface area contributed by atoms with Crippen molar-refractivity contribution in [1.29, 1.82) is 0 Å². The molecule has 0 aliphatic carbocycles. The molecule has 0 amide bonds. The van der Waals surface area contributed by atoms with Crippen LogP contribution in [0.1, 0.15) is 66.7 Å². The smallest absolute Gasteiger partial charge is 0.313 e. The Morgan fingerprint density at radius 3 is 2.24 bits per heavy atom. The molecule has 0 N–H and O–H groups in total. The Morgan fingerprint density at radius 1 is 1.18 bits per heavy atom. The van der Waals surface area contributed by atoms with Gasteiger partial charge in [-0.05, 0) is 11.3 Å².